The Hall–Kier alpha value is -2.37. The van der Waals surface area contributed by atoms with Gasteiger partial charge in [-0.15, -0.1) is 0 Å². The topological polar surface area (TPSA) is 114 Å². The Bertz CT molecular complexity index is 1100. The lowest BCUT2D eigenvalue weighted by atomic mass is 9.98. The van der Waals surface area contributed by atoms with Gasteiger partial charge in [-0.25, -0.2) is 8.42 Å². The van der Waals surface area contributed by atoms with Gasteiger partial charge in [-0.2, -0.15) is 0 Å². The van der Waals surface area contributed by atoms with Crippen LogP contribution in [0.4, 0.5) is 0 Å². The molecule has 184 valence electrons. The fourth-order valence-electron chi connectivity index (χ4n) is 4.41. The average molecular weight is 492 g/mol. The number of ether oxygens (including phenoxy) is 4. The Labute approximate surface area is 199 Å². The largest absolute Gasteiger partial charge is 0.368 e. The molecule has 0 bridgehead atoms. The van der Waals surface area contributed by atoms with Crippen molar-refractivity contribution < 1.29 is 32.3 Å². The maximum atomic E-state index is 13.1. The standard InChI is InChI=1S/C24H29NO8S/c1-16-9-11-19(12-10-16)34(28,29)15-18(13-25(26)27)20-21(30-14-17-7-5-4-6-8-17)22-23(31-20)33-24(2,3)32-22/h4-12,18,20-23H,13-15H2,1-3H3/t18-,20+,21-,22+,23+/m0/s1. The SMILES string of the molecule is Cc1ccc(S(=O)(=O)C[C@H](C[N+](=O)[O-])[C@H]2O[C@@H]3OC(C)(C)O[C@@H]3[C@H]2OCc2ccccc2)cc1. The second-order valence-corrected chi connectivity index (χ2v) is 11.2. The first kappa shape index (κ1) is 24.7. The van der Waals surface area contributed by atoms with Crippen LogP contribution in [0.3, 0.4) is 0 Å². The molecule has 34 heavy (non-hydrogen) atoms. The fraction of sp³-hybridized carbons (Fsp3) is 0.500. The maximum Gasteiger partial charge on any atom is 0.210 e. The first-order valence-electron chi connectivity index (χ1n) is 11.1. The minimum absolute atomic E-state index is 0.111. The van der Waals surface area contributed by atoms with Crippen molar-refractivity contribution in [1.82, 2.24) is 0 Å². The van der Waals surface area contributed by atoms with Gasteiger partial charge >= 0.3 is 0 Å². The molecule has 2 aromatic carbocycles. The van der Waals surface area contributed by atoms with Gasteiger partial charge in [0.15, 0.2) is 21.9 Å². The van der Waals surface area contributed by atoms with Crippen LogP contribution in [-0.4, -0.2) is 56.0 Å². The van der Waals surface area contributed by atoms with Crippen molar-refractivity contribution >= 4 is 9.84 Å². The van der Waals surface area contributed by atoms with Crippen LogP contribution in [0.1, 0.15) is 25.0 Å². The average Bonchev–Trinajstić information content (AvgIpc) is 3.24. The highest BCUT2D eigenvalue weighted by molar-refractivity contribution is 7.91. The summed E-state index contributed by atoms with van der Waals surface area (Å²) in [5.41, 5.74) is 1.82. The molecule has 10 heteroatoms. The minimum atomic E-state index is -3.82. The molecule has 2 fully saturated rings. The van der Waals surface area contributed by atoms with Crippen LogP contribution >= 0.6 is 0 Å². The van der Waals surface area contributed by atoms with E-state index in [4.69, 9.17) is 18.9 Å². The van der Waals surface area contributed by atoms with Gasteiger partial charge in [-0.3, -0.25) is 10.1 Å². The zero-order chi connectivity index (χ0) is 24.5. The summed E-state index contributed by atoms with van der Waals surface area (Å²) in [6, 6.07) is 15.9. The molecule has 0 saturated carbocycles. The molecule has 0 aromatic heterocycles. The number of nitrogens with zero attached hydrogens (tertiary/aromatic N) is 1. The van der Waals surface area contributed by atoms with Gasteiger partial charge < -0.3 is 18.9 Å². The van der Waals surface area contributed by atoms with Gasteiger partial charge in [0.05, 0.1) is 29.3 Å². The lowest BCUT2D eigenvalue weighted by Crippen LogP contribution is -2.44. The molecule has 2 aliphatic heterocycles. The van der Waals surface area contributed by atoms with E-state index in [2.05, 4.69) is 0 Å². The first-order valence-corrected chi connectivity index (χ1v) is 12.8. The Morgan fingerprint density at radius 2 is 1.76 bits per heavy atom. The van der Waals surface area contributed by atoms with E-state index in [1.165, 1.54) is 12.1 Å². The molecule has 0 unspecified atom stereocenters. The van der Waals surface area contributed by atoms with Gasteiger partial charge in [-0.1, -0.05) is 48.0 Å². The molecular weight excluding hydrogens is 462 g/mol. The molecule has 2 aliphatic rings. The molecule has 0 N–H and O–H groups in total. The van der Waals surface area contributed by atoms with E-state index in [0.717, 1.165) is 11.1 Å². The number of hydrogen-bond donors (Lipinski definition) is 0. The van der Waals surface area contributed by atoms with Crippen molar-refractivity contribution in [3.63, 3.8) is 0 Å². The van der Waals surface area contributed by atoms with Crippen LogP contribution < -0.4 is 0 Å². The number of benzene rings is 2. The van der Waals surface area contributed by atoms with Crippen LogP contribution in [0.5, 0.6) is 0 Å². The summed E-state index contributed by atoms with van der Waals surface area (Å²) < 4.78 is 50.3. The zero-order valence-corrected chi connectivity index (χ0v) is 20.1. The van der Waals surface area contributed by atoms with E-state index < -0.39 is 63.4 Å². The summed E-state index contributed by atoms with van der Waals surface area (Å²) >= 11 is 0. The van der Waals surface area contributed by atoms with Crippen molar-refractivity contribution in [3.05, 3.63) is 75.8 Å². The lowest BCUT2D eigenvalue weighted by molar-refractivity contribution is -0.490. The van der Waals surface area contributed by atoms with Crippen LogP contribution in [0.15, 0.2) is 59.5 Å². The first-order chi connectivity index (χ1) is 16.0. The van der Waals surface area contributed by atoms with Crippen LogP contribution in [0, 0.1) is 23.0 Å². The summed E-state index contributed by atoms with van der Waals surface area (Å²) in [5.74, 6) is -2.35. The third kappa shape index (κ3) is 5.64. The highest BCUT2D eigenvalue weighted by Crippen LogP contribution is 2.41. The molecule has 9 nitrogen and oxygen atoms in total. The van der Waals surface area contributed by atoms with E-state index >= 15 is 0 Å². The van der Waals surface area contributed by atoms with Gasteiger partial charge in [0.25, 0.3) is 0 Å². The molecule has 2 saturated heterocycles. The third-order valence-electron chi connectivity index (χ3n) is 5.97. The molecule has 0 amide bonds. The van der Waals surface area contributed by atoms with Gasteiger partial charge in [0.1, 0.15) is 12.2 Å². The predicted octanol–water partition coefficient (Wildman–Crippen LogP) is 3.12. The number of nitro groups is 1. The summed E-state index contributed by atoms with van der Waals surface area (Å²) in [7, 11) is -3.82. The molecule has 4 rings (SSSR count). The summed E-state index contributed by atoms with van der Waals surface area (Å²) in [6.45, 7) is 4.97. The Kier molecular flexibility index (Phi) is 7.07. The maximum absolute atomic E-state index is 13.1. The summed E-state index contributed by atoms with van der Waals surface area (Å²) in [6.07, 6.45) is -3.09. The normalized spacial score (nSPS) is 26.8. The van der Waals surface area contributed by atoms with E-state index in [1.807, 2.05) is 37.3 Å². The van der Waals surface area contributed by atoms with E-state index in [-0.39, 0.29) is 11.5 Å². The van der Waals surface area contributed by atoms with Crippen molar-refractivity contribution in [2.75, 3.05) is 12.3 Å². The number of fused-ring (bicyclic) bond motifs is 1. The number of rotatable bonds is 9. The minimum Gasteiger partial charge on any atom is -0.368 e. The number of hydrogen-bond acceptors (Lipinski definition) is 8. The monoisotopic (exact) mass is 491 g/mol. The highest BCUT2D eigenvalue weighted by atomic mass is 32.2. The zero-order valence-electron chi connectivity index (χ0n) is 19.3. The van der Waals surface area contributed by atoms with Gasteiger partial charge in [0.2, 0.25) is 6.54 Å². The summed E-state index contributed by atoms with van der Waals surface area (Å²) in [5, 5.41) is 11.5. The number of aryl methyl sites for hydroxylation is 1. The Balaban J connectivity index is 1.60. The quantitative estimate of drug-likeness (QED) is 0.388. The van der Waals surface area contributed by atoms with Crippen molar-refractivity contribution in [2.24, 2.45) is 5.92 Å². The van der Waals surface area contributed by atoms with E-state index in [0.29, 0.717) is 0 Å². The van der Waals surface area contributed by atoms with Crippen molar-refractivity contribution in [2.45, 2.75) is 62.7 Å². The number of sulfone groups is 1. The van der Waals surface area contributed by atoms with Crippen LogP contribution in [0.25, 0.3) is 0 Å². The van der Waals surface area contributed by atoms with Gasteiger partial charge in [0, 0.05) is 4.92 Å². The molecule has 5 atom stereocenters. The van der Waals surface area contributed by atoms with Crippen molar-refractivity contribution in [3.8, 4) is 0 Å². The predicted molar refractivity (Wildman–Crippen MR) is 122 cm³/mol. The molecular formula is C24H29NO8S. The van der Waals surface area contributed by atoms with E-state index in [1.54, 1.807) is 26.0 Å². The smallest absolute Gasteiger partial charge is 0.210 e. The highest BCUT2D eigenvalue weighted by Gasteiger charge is 2.58. The molecule has 0 spiro atoms. The Morgan fingerprint density at radius 1 is 1.09 bits per heavy atom. The fourth-order valence-corrected chi connectivity index (χ4v) is 6.01. The lowest BCUT2D eigenvalue weighted by Gasteiger charge is -2.29. The van der Waals surface area contributed by atoms with E-state index in [9.17, 15) is 18.5 Å². The Morgan fingerprint density at radius 3 is 2.41 bits per heavy atom. The van der Waals surface area contributed by atoms with Gasteiger partial charge in [-0.05, 0) is 38.5 Å². The second kappa shape index (κ2) is 9.71. The molecule has 2 heterocycles. The molecule has 0 radical (unpaired) electrons. The second-order valence-electron chi connectivity index (χ2n) is 9.20. The van der Waals surface area contributed by atoms with Crippen molar-refractivity contribution in [1.29, 1.82) is 0 Å². The van der Waals surface area contributed by atoms with Crippen LogP contribution in [-0.2, 0) is 35.4 Å². The molecule has 0 aliphatic carbocycles. The summed E-state index contributed by atoms with van der Waals surface area (Å²) in [4.78, 5) is 11.1. The molecule has 2 aromatic rings. The third-order valence-corrected chi connectivity index (χ3v) is 7.83. The van der Waals surface area contributed by atoms with Crippen LogP contribution in [0.2, 0.25) is 0 Å².